The van der Waals surface area contributed by atoms with Crippen LogP contribution in [0.3, 0.4) is 0 Å². The summed E-state index contributed by atoms with van der Waals surface area (Å²) in [5, 5.41) is 1.15. The highest BCUT2D eigenvalue weighted by molar-refractivity contribution is 6.07. The predicted octanol–water partition coefficient (Wildman–Crippen LogP) is 2.79. The number of rotatable bonds is 1. The molecule has 0 aromatic heterocycles. The maximum Gasteiger partial charge on any atom is 0.254 e. The van der Waals surface area contributed by atoms with Crippen LogP contribution in [-0.2, 0) is 0 Å². The smallest absolute Gasteiger partial charge is 0.254 e. The van der Waals surface area contributed by atoms with E-state index in [1.54, 1.807) is 29.2 Å². The number of nitrogens with two attached hydrogens (primary N) is 1. The van der Waals surface area contributed by atoms with Crippen LogP contribution < -0.4 is 5.73 Å². The molecule has 21 heavy (non-hydrogen) atoms. The molecule has 110 valence electrons. The molecular weight excluding hydrogens is 267 g/mol. The summed E-state index contributed by atoms with van der Waals surface area (Å²) in [5.41, 5.74) is 6.56. The van der Waals surface area contributed by atoms with Gasteiger partial charge in [-0.25, -0.2) is 4.39 Å². The van der Waals surface area contributed by atoms with Crippen molar-refractivity contribution in [2.24, 2.45) is 11.7 Å². The van der Waals surface area contributed by atoms with Gasteiger partial charge in [0.2, 0.25) is 0 Å². The lowest BCUT2D eigenvalue weighted by Gasteiger charge is -2.35. The van der Waals surface area contributed by atoms with Gasteiger partial charge in [-0.1, -0.05) is 31.2 Å². The molecule has 3 rings (SSSR count). The quantitative estimate of drug-likeness (QED) is 0.876. The summed E-state index contributed by atoms with van der Waals surface area (Å²) in [7, 11) is 0. The van der Waals surface area contributed by atoms with Gasteiger partial charge in [0.1, 0.15) is 5.82 Å². The second-order valence-corrected chi connectivity index (χ2v) is 5.95. The number of nitrogens with zero attached hydrogens (tertiary/aromatic N) is 1. The molecule has 1 saturated heterocycles. The first-order valence-electron chi connectivity index (χ1n) is 7.28. The topological polar surface area (TPSA) is 46.3 Å². The lowest BCUT2D eigenvalue weighted by atomic mass is 9.95. The van der Waals surface area contributed by atoms with Crippen molar-refractivity contribution in [2.75, 3.05) is 13.1 Å². The Morgan fingerprint density at radius 3 is 2.62 bits per heavy atom. The molecule has 2 aromatic rings. The Balaban J connectivity index is 2.00. The molecule has 1 aliphatic heterocycles. The first-order chi connectivity index (χ1) is 10.1. The first kappa shape index (κ1) is 14.0. The number of carbonyl (C=O) groups excluding carboxylic acids is 1. The standard InChI is InChI=1S/C17H19FN2O/c1-11-8-12(19)10-20(9-11)17(21)15-6-7-16(18)14-5-3-2-4-13(14)15/h2-7,11-12H,8-10,19H2,1H3. The number of amides is 1. The van der Waals surface area contributed by atoms with Crippen molar-refractivity contribution < 1.29 is 9.18 Å². The molecular formula is C17H19FN2O. The van der Waals surface area contributed by atoms with Crippen molar-refractivity contribution in [1.82, 2.24) is 4.90 Å². The van der Waals surface area contributed by atoms with Gasteiger partial charge >= 0.3 is 0 Å². The summed E-state index contributed by atoms with van der Waals surface area (Å²) in [4.78, 5) is 14.6. The lowest BCUT2D eigenvalue weighted by Crippen LogP contribution is -2.48. The van der Waals surface area contributed by atoms with Gasteiger partial charge in [-0.05, 0) is 29.9 Å². The zero-order chi connectivity index (χ0) is 15.0. The molecule has 2 unspecified atom stereocenters. The average Bonchev–Trinajstić information content (AvgIpc) is 2.46. The number of benzene rings is 2. The molecule has 4 heteroatoms. The Morgan fingerprint density at radius 1 is 1.19 bits per heavy atom. The minimum atomic E-state index is -0.300. The SMILES string of the molecule is CC1CC(N)CN(C(=O)c2ccc(F)c3ccccc23)C1. The van der Waals surface area contributed by atoms with Crippen molar-refractivity contribution in [3.8, 4) is 0 Å². The average molecular weight is 286 g/mol. The largest absolute Gasteiger partial charge is 0.337 e. The molecule has 0 radical (unpaired) electrons. The van der Waals surface area contributed by atoms with Crippen LogP contribution in [0.5, 0.6) is 0 Å². The van der Waals surface area contributed by atoms with Gasteiger partial charge in [0.15, 0.2) is 0 Å². The Kier molecular flexibility index (Phi) is 3.64. The Hall–Kier alpha value is -1.94. The van der Waals surface area contributed by atoms with Crippen molar-refractivity contribution >= 4 is 16.7 Å². The van der Waals surface area contributed by atoms with Gasteiger partial charge in [-0.3, -0.25) is 4.79 Å². The van der Waals surface area contributed by atoms with E-state index in [4.69, 9.17) is 5.73 Å². The summed E-state index contributed by atoms with van der Waals surface area (Å²) < 4.78 is 13.9. The molecule has 3 nitrogen and oxygen atoms in total. The fraction of sp³-hybridized carbons (Fsp3) is 0.353. The third-order valence-electron chi connectivity index (χ3n) is 4.08. The highest BCUT2D eigenvalue weighted by atomic mass is 19.1. The molecule has 2 N–H and O–H groups in total. The normalized spacial score (nSPS) is 22.5. The summed E-state index contributed by atoms with van der Waals surface area (Å²) in [5.74, 6) is 0.0310. The third-order valence-corrected chi connectivity index (χ3v) is 4.08. The predicted molar refractivity (Wildman–Crippen MR) is 81.6 cm³/mol. The number of hydrogen-bond donors (Lipinski definition) is 1. The van der Waals surface area contributed by atoms with Gasteiger partial charge < -0.3 is 10.6 Å². The van der Waals surface area contributed by atoms with Crippen LogP contribution in [0.25, 0.3) is 10.8 Å². The number of carbonyl (C=O) groups is 1. The molecule has 0 spiro atoms. The van der Waals surface area contributed by atoms with Crippen LogP contribution in [0.4, 0.5) is 4.39 Å². The van der Waals surface area contributed by atoms with Crippen LogP contribution in [0.2, 0.25) is 0 Å². The van der Waals surface area contributed by atoms with Gasteiger partial charge in [0.25, 0.3) is 5.91 Å². The monoisotopic (exact) mass is 286 g/mol. The molecule has 1 aliphatic rings. The summed E-state index contributed by atoms with van der Waals surface area (Å²) in [6.07, 6.45) is 0.938. The van der Waals surface area contributed by atoms with Gasteiger partial charge in [-0.15, -0.1) is 0 Å². The minimum absolute atomic E-state index is 0.0180. The van der Waals surface area contributed by atoms with E-state index in [1.165, 1.54) is 6.07 Å². The maximum atomic E-state index is 13.9. The molecule has 1 amide bonds. The number of piperidine rings is 1. The lowest BCUT2D eigenvalue weighted by molar-refractivity contribution is 0.0663. The van der Waals surface area contributed by atoms with E-state index in [9.17, 15) is 9.18 Å². The van der Waals surface area contributed by atoms with Crippen LogP contribution >= 0.6 is 0 Å². The van der Waals surface area contributed by atoms with Crippen molar-refractivity contribution in [3.63, 3.8) is 0 Å². The molecule has 0 saturated carbocycles. The van der Waals surface area contributed by atoms with E-state index in [0.717, 1.165) is 6.42 Å². The second kappa shape index (κ2) is 5.45. The summed E-state index contributed by atoms with van der Waals surface area (Å²) in [6, 6.07) is 10.0. The van der Waals surface area contributed by atoms with Gasteiger partial charge in [0.05, 0.1) is 0 Å². The van der Waals surface area contributed by atoms with Crippen molar-refractivity contribution in [2.45, 2.75) is 19.4 Å². The van der Waals surface area contributed by atoms with Crippen molar-refractivity contribution in [1.29, 1.82) is 0 Å². The fourth-order valence-electron chi connectivity index (χ4n) is 3.18. The van der Waals surface area contributed by atoms with Crippen molar-refractivity contribution in [3.05, 3.63) is 47.8 Å². The highest BCUT2D eigenvalue weighted by Gasteiger charge is 2.27. The zero-order valence-electron chi connectivity index (χ0n) is 12.1. The Morgan fingerprint density at radius 2 is 1.90 bits per heavy atom. The Labute approximate surface area is 123 Å². The number of fused-ring (bicyclic) bond motifs is 1. The molecule has 2 atom stereocenters. The fourth-order valence-corrected chi connectivity index (χ4v) is 3.18. The van der Waals surface area contributed by atoms with E-state index in [-0.39, 0.29) is 17.8 Å². The van der Waals surface area contributed by atoms with E-state index in [2.05, 4.69) is 6.92 Å². The highest BCUT2D eigenvalue weighted by Crippen LogP contribution is 2.25. The van der Waals surface area contributed by atoms with E-state index >= 15 is 0 Å². The maximum absolute atomic E-state index is 13.9. The van der Waals surface area contributed by atoms with Gasteiger partial charge in [-0.2, -0.15) is 0 Å². The number of halogens is 1. The summed E-state index contributed by atoms with van der Waals surface area (Å²) in [6.45, 7) is 3.37. The Bertz CT molecular complexity index is 676. The van der Waals surface area contributed by atoms with Crippen LogP contribution in [0, 0.1) is 11.7 Å². The molecule has 0 aliphatic carbocycles. The first-order valence-corrected chi connectivity index (χ1v) is 7.28. The molecule has 1 heterocycles. The molecule has 1 fully saturated rings. The van der Waals surface area contributed by atoms with E-state index in [1.807, 2.05) is 6.07 Å². The third kappa shape index (κ3) is 2.63. The van der Waals surface area contributed by atoms with Crippen LogP contribution in [-0.4, -0.2) is 29.9 Å². The van der Waals surface area contributed by atoms with Crippen LogP contribution in [0.1, 0.15) is 23.7 Å². The summed E-state index contributed by atoms with van der Waals surface area (Å²) >= 11 is 0. The minimum Gasteiger partial charge on any atom is -0.337 e. The van der Waals surface area contributed by atoms with Crippen LogP contribution in [0.15, 0.2) is 36.4 Å². The number of likely N-dealkylation sites (tertiary alicyclic amines) is 1. The number of hydrogen-bond acceptors (Lipinski definition) is 2. The molecule has 2 aromatic carbocycles. The van der Waals surface area contributed by atoms with E-state index < -0.39 is 0 Å². The van der Waals surface area contributed by atoms with E-state index in [0.29, 0.717) is 35.3 Å². The molecule has 0 bridgehead atoms. The van der Waals surface area contributed by atoms with Gasteiger partial charge in [0, 0.05) is 30.1 Å². The second-order valence-electron chi connectivity index (χ2n) is 5.95. The zero-order valence-corrected chi connectivity index (χ0v) is 12.1.